The van der Waals surface area contributed by atoms with Crippen molar-refractivity contribution in [3.63, 3.8) is 0 Å². The fraction of sp³-hybridized carbons (Fsp3) is 0.480. The van der Waals surface area contributed by atoms with Crippen LogP contribution in [0, 0.1) is 11.7 Å². The summed E-state index contributed by atoms with van der Waals surface area (Å²) >= 11 is 0. The van der Waals surface area contributed by atoms with E-state index in [2.05, 4.69) is 34.8 Å². The number of halogens is 1. The quantitative estimate of drug-likeness (QED) is 0.587. The lowest BCUT2D eigenvalue weighted by Crippen LogP contribution is -2.44. The lowest BCUT2D eigenvalue weighted by Gasteiger charge is -2.45. The second-order valence-corrected chi connectivity index (χ2v) is 8.85. The number of fused-ring (bicyclic) bond motifs is 4. The molecule has 1 N–H and O–H groups in total. The second kappa shape index (κ2) is 8.88. The zero-order valence-electron chi connectivity index (χ0n) is 19.3. The summed E-state index contributed by atoms with van der Waals surface area (Å²) in [6.07, 6.45) is 8.90. The highest BCUT2D eigenvalue weighted by Crippen LogP contribution is 2.47. The van der Waals surface area contributed by atoms with E-state index in [0.717, 1.165) is 43.0 Å². The summed E-state index contributed by atoms with van der Waals surface area (Å²) in [7, 11) is 0. The third kappa shape index (κ3) is 3.85. The normalized spacial score (nSPS) is 21.4. The van der Waals surface area contributed by atoms with Gasteiger partial charge >= 0.3 is 0 Å². The van der Waals surface area contributed by atoms with Crippen molar-refractivity contribution in [2.24, 2.45) is 5.92 Å². The molecule has 4 heterocycles. The number of pyridine rings is 2. The van der Waals surface area contributed by atoms with Crippen molar-refractivity contribution in [1.82, 2.24) is 19.1 Å². The summed E-state index contributed by atoms with van der Waals surface area (Å²) in [5, 5.41) is 3.77. The Hall–Kier alpha value is -2.96. The standard InChI is InChI=1S/C23H26FN5O.C2H6.H2/c1-15(2)21-26-12-19-23(27-18-4-3-11-25-22(18)29(19)21)9-7-16(8-10-23)13-28-14-17(24)5-6-20(28)30;1-2;/h3-6,11-12,14-16,27H,7-10,13H2,1-2H3;1-2H3;1H. The highest BCUT2D eigenvalue weighted by Gasteiger charge is 2.43. The number of hydrogen-bond donors (Lipinski definition) is 1. The van der Waals surface area contributed by atoms with Gasteiger partial charge in [-0.3, -0.25) is 9.36 Å². The number of nitrogens with one attached hydrogen (secondary N) is 1. The number of aromatic nitrogens is 4. The van der Waals surface area contributed by atoms with E-state index in [1.54, 1.807) is 0 Å². The first-order valence-corrected chi connectivity index (χ1v) is 11.6. The molecular formula is C25H34FN5O. The minimum absolute atomic E-state index is 0. The highest BCUT2D eigenvalue weighted by atomic mass is 19.1. The Morgan fingerprint density at radius 2 is 1.97 bits per heavy atom. The number of rotatable bonds is 3. The van der Waals surface area contributed by atoms with Crippen molar-refractivity contribution in [3.8, 4) is 5.82 Å². The molecule has 1 fully saturated rings. The molecule has 0 aromatic carbocycles. The van der Waals surface area contributed by atoms with Gasteiger partial charge < -0.3 is 9.88 Å². The summed E-state index contributed by atoms with van der Waals surface area (Å²) in [6.45, 7) is 8.86. The molecule has 0 saturated heterocycles. The van der Waals surface area contributed by atoms with Crippen LogP contribution in [0.2, 0.25) is 0 Å². The maximum absolute atomic E-state index is 13.6. The van der Waals surface area contributed by atoms with Crippen LogP contribution in [0.5, 0.6) is 0 Å². The average Bonchev–Trinajstić information content (AvgIpc) is 3.26. The van der Waals surface area contributed by atoms with E-state index >= 15 is 0 Å². The lowest BCUT2D eigenvalue weighted by atomic mass is 9.73. The smallest absolute Gasteiger partial charge is 0.250 e. The van der Waals surface area contributed by atoms with Crippen molar-refractivity contribution >= 4 is 5.69 Å². The van der Waals surface area contributed by atoms with Gasteiger partial charge in [-0.25, -0.2) is 14.4 Å². The van der Waals surface area contributed by atoms with Crippen LogP contribution in [-0.4, -0.2) is 19.1 Å². The van der Waals surface area contributed by atoms with Crippen LogP contribution < -0.4 is 10.9 Å². The van der Waals surface area contributed by atoms with Crippen molar-refractivity contribution in [3.05, 3.63) is 70.5 Å². The van der Waals surface area contributed by atoms with Crippen LogP contribution in [0.1, 0.15) is 72.2 Å². The summed E-state index contributed by atoms with van der Waals surface area (Å²) < 4.78 is 17.3. The van der Waals surface area contributed by atoms with Crippen molar-refractivity contribution < 1.29 is 5.82 Å². The molecule has 1 aliphatic carbocycles. The van der Waals surface area contributed by atoms with E-state index in [1.165, 1.54) is 28.6 Å². The molecule has 32 heavy (non-hydrogen) atoms. The molecule has 3 aromatic rings. The molecule has 0 bridgehead atoms. The van der Waals surface area contributed by atoms with Crippen LogP contribution in [-0.2, 0) is 12.1 Å². The molecular weight excluding hydrogens is 405 g/mol. The van der Waals surface area contributed by atoms with Gasteiger partial charge in [-0.2, -0.15) is 0 Å². The molecule has 0 atom stereocenters. The Kier molecular flexibility index (Phi) is 6.17. The molecule has 1 spiro atoms. The Bertz CT molecular complexity index is 1150. The van der Waals surface area contributed by atoms with Crippen LogP contribution >= 0.6 is 0 Å². The molecule has 7 heteroatoms. The lowest BCUT2D eigenvalue weighted by molar-refractivity contribution is 0.225. The topological polar surface area (TPSA) is 64.7 Å². The zero-order chi connectivity index (χ0) is 22.9. The molecule has 0 radical (unpaired) electrons. The first-order chi connectivity index (χ1) is 15.5. The molecule has 172 valence electrons. The van der Waals surface area contributed by atoms with Crippen molar-refractivity contribution in [2.75, 3.05) is 5.32 Å². The first-order valence-electron chi connectivity index (χ1n) is 11.6. The SMILES string of the molecule is CC.CC(C)c1ncc2n1-c1ncccc1NC21CCC(Cn2cc(F)ccc2=O)CC1.[HH]. The van der Waals surface area contributed by atoms with Crippen LogP contribution in [0.3, 0.4) is 0 Å². The average molecular weight is 440 g/mol. The van der Waals surface area contributed by atoms with E-state index in [-0.39, 0.29) is 18.3 Å². The monoisotopic (exact) mass is 439 g/mol. The van der Waals surface area contributed by atoms with Crippen LogP contribution in [0.25, 0.3) is 5.82 Å². The van der Waals surface area contributed by atoms with Crippen molar-refractivity contribution in [1.29, 1.82) is 0 Å². The molecule has 0 unspecified atom stereocenters. The minimum atomic E-state index is -0.370. The van der Waals surface area contributed by atoms with Gasteiger partial charge in [-0.1, -0.05) is 27.7 Å². The second-order valence-electron chi connectivity index (χ2n) is 8.85. The van der Waals surface area contributed by atoms with E-state index < -0.39 is 0 Å². The maximum Gasteiger partial charge on any atom is 0.250 e. The third-order valence-electron chi connectivity index (χ3n) is 6.53. The molecule has 1 saturated carbocycles. The van der Waals surface area contributed by atoms with Gasteiger partial charge in [0.25, 0.3) is 5.56 Å². The van der Waals surface area contributed by atoms with Gasteiger partial charge in [0.05, 0.1) is 23.1 Å². The number of nitrogens with zero attached hydrogens (tertiary/aromatic N) is 4. The fourth-order valence-electron chi connectivity index (χ4n) is 4.99. The van der Waals surface area contributed by atoms with E-state index in [9.17, 15) is 9.18 Å². The summed E-state index contributed by atoms with van der Waals surface area (Å²) in [5.74, 6) is 2.20. The van der Waals surface area contributed by atoms with E-state index in [1.807, 2.05) is 32.3 Å². The summed E-state index contributed by atoms with van der Waals surface area (Å²) in [5.41, 5.74) is 1.86. The van der Waals surface area contributed by atoms with Crippen LogP contribution in [0.15, 0.2) is 47.7 Å². The molecule has 0 amide bonds. The molecule has 2 aliphatic rings. The Labute approximate surface area is 190 Å². The van der Waals surface area contributed by atoms with Gasteiger partial charge in [0.2, 0.25) is 0 Å². The van der Waals surface area contributed by atoms with Gasteiger partial charge in [-0.15, -0.1) is 0 Å². The minimum Gasteiger partial charge on any atom is -0.371 e. The third-order valence-corrected chi connectivity index (χ3v) is 6.53. The van der Waals surface area contributed by atoms with Gasteiger partial charge in [0, 0.05) is 32.3 Å². The first kappa shape index (κ1) is 22.2. The number of hydrogen-bond acceptors (Lipinski definition) is 4. The number of anilines is 1. The Balaban J connectivity index is 0.000000994. The van der Waals surface area contributed by atoms with E-state index in [0.29, 0.717) is 18.4 Å². The fourth-order valence-corrected chi connectivity index (χ4v) is 4.99. The largest absolute Gasteiger partial charge is 0.371 e. The predicted molar refractivity (Wildman–Crippen MR) is 127 cm³/mol. The molecule has 1 aliphatic heterocycles. The molecule has 5 rings (SSSR count). The maximum atomic E-state index is 13.6. The summed E-state index contributed by atoms with van der Waals surface area (Å²) in [6, 6.07) is 6.56. The van der Waals surface area contributed by atoms with Gasteiger partial charge in [0.1, 0.15) is 11.6 Å². The highest BCUT2D eigenvalue weighted by molar-refractivity contribution is 5.63. The van der Waals surface area contributed by atoms with Crippen molar-refractivity contribution in [2.45, 2.75) is 71.4 Å². The molecule has 6 nitrogen and oxygen atoms in total. The van der Waals surface area contributed by atoms with E-state index in [4.69, 9.17) is 4.98 Å². The Morgan fingerprint density at radius 3 is 2.69 bits per heavy atom. The number of imidazole rings is 1. The van der Waals surface area contributed by atoms with Gasteiger partial charge in [-0.05, 0) is 49.8 Å². The zero-order valence-corrected chi connectivity index (χ0v) is 19.3. The predicted octanol–water partition coefficient (Wildman–Crippen LogP) is 5.47. The van der Waals surface area contributed by atoms with Crippen LogP contribution in [0.4, 0.5) is 10.1 Å². The van der Waals surface area contributed by atoms with Gasteiger partial charge in [0.15, 0.2) is 5.82 Å². The Morgan fingerprint density at radius 1 is 1.22 bits per heavy atom. The summed E-state index contributed by atoms with van der Waals surface area (Å²) in [4.78, 5) is 21.5. The molecule has 3 aromatic heterocycles.